The number of methoxy groups -OCH3 is 1. The predicted octanol–water partition coefficient (Wildman–Crippen LogP) is 4.26. The van der Waals surface area contributed by atoms with Gasteiger partial charge in [-0.2, -0.15) is 0 Å². The molecule has 0 radical (unpaired) electrons. The molecule has 3 aliphatic rings. The van der Waals surface area contributed by atoms with Crippen LogP contribution in [0.15, 0.2) is 36.4 Å². The molecule has 0 spiro atoms. The lowest BCUT2D eigenvalue weighted by molar-refractivity contribution is 0.139. The third-order valence-corrected chi connectivity index (χ3v) is 6.63. The fourth-order valence-corrected chi connectivity index (χ4v) is 5.08. The van der Waals surface area contributed by atoms with E-state index >= 15 is 0 Å². The molecule has 2 aliphatic carbocycles. The van der Waals surface area contributed by atoms with Gasteiger partial charge in [-0.15, -0.1) is 0 Å². The average Bonchev–Trinajstić information content (AvgIpc) is 3.20. The first-order valence-corrected chi connectivity index (χ1v) is 9.22. The summed E-state index contributed by atoms with van der Waals surface area (Å²) in [6.07, 6.45) is 10.3. The first-order chi connectivity index (χ1) is 11.2. The standard InChI is InChI=1S/C21H29NO/c1-21(19-5-3-4-6-20(19)23-2)9-11-22(12-10-21)15-18-14-16-7-8-17(18)13-16/h3-8,16-18H,9-15H2,1-2H3. The van der Waals surface area contributed by atoms with Crippen LogP contribution in [0.2, 0.25) is 0 Å². The van der Waals surface area contributed by atoms with Crippen molar-refractivity contribution in [1.82, 2.24) is 4.90 Å². The molecule has 1 aliphatic heterocycles. The number of hydrogen-bond donors (Lipinski definition) is 0. The van der Waals surface area contributed by atoms with Crippen LogP contribution < -0.4 is 4.74 Å². The lowest BCUT2D eigenvalue weighted by atomic mass is 9.74. The molecule has 124 valence electrons. The number of likely N-dealkylation sites (tertiary alicyclic amines) is 1. The number of ether oxygens (including phenoxy) is 1. The minimum atomic E-state index is 0.262. The molecular weight excluding hydrogens is 282 g/mol. The molecule has 0 amide bonds. The van der Waals surface area contributed by atoms with Crippen molar-refractivity contribution >= 4 is 0 Å². The van der Waals surface area contributed by atoms with Gasteiger partial charge < -0.3 is 9.64 Å². The number of allylic oxidation sites excluding steroid dienone is 2. The smallest absolute Gasteiger partial charge is 0.122 e. The molecule has 4 rings (SSSR count). The summed E-state index contributed by atoms with van der Waals surface area (Å²) in [5, 5.41) is 0. The fourth-order valence-electron chi connectivity index (χ4n) is 5.08. The fraction of sp³-hybridized carbons (Fsp3) is 0.619. The van der Waals surface area contributed by atoms with Crippen LogP contribution in [0.1, 0.15) is 38.2 Å². The number of fused-ring (bicyclic) bond motifs is 2. The average molecular weight is 311 g/mol. The topological polar surface area (TPSA) is 12.5 Å². The molecule has 0 aromatic heterocycles. The van der Waals surface area contributed by atoms with E-state index in [2.05, 4.69) is 48.2 Å². The van der Waals surface area contributed by atoms with Crippen LogP contribution in [0.25, 0.3) is 0 Å². The zero-order valence-electron chi connectivity index (χ0n) is 14.5. The van der Waals surface area contributed by atoms with E-state index in [-0.39, 0.29) is 5.41 Å². The zero-order chi connectivity index (χ0) is 15.9. The van der Waals surface area contributed by atoms with E-state index in [1.165, 1.54) is 50.9 Å². The van der Waals surface area contributed by atoms with Gasteiger partial charge >= 0.3 is 0 Å². The van der Waals surface area contributed by atoms with Crippen LogP contribution in [0.3, 0.4) is 0 Å². The van der Waals surface area contributed by atoms with Gasteiger partial charge in [-0.3, -0.25) is 0 Å². The molecule has 2 fully saturated rings. The Labute approximate surface area is 140 Å². The van der Waals surface area contributed by atoms with Gasteiger partial charge in [0.05, 0.1) is 7.11 Å². The van der Waals surface area contributed by atoms with Crippen molar-refractivity contribution in [1.29, 1.82) is 0 Å². The second-order valence-electron chi connectivity index (χ2n) is 8.10. The SMILES string of the molecule is COc1ccccc1C1(C)CCN(CC2CC3C=CC2C3)CC1. The molecule has 1 aromatic rings. The lowest BCUT2D eigenvalue weighted by Crippen LogP contribution is -2.43. The Balaban J connectivity index is 1.39. The van der Waals surface area contributed by atoms with E-state index in [0.717, 1.165) is 23.5 Å². The highest BCUT2D eigenvalue weighted by molar-refractivity contribution is 5.39. The summed E-state index contributed by atoms with van der Waals surface area (Å²) in [4.78, 5) is 2.72. The molecule has 1 heterocycles. The van der Waals surface area contributed by atoms with Crippen LogP contribution in [0.4, 0.5) is 0 Å². The zero-order valence-corrected chi connectivity index (χ0v) is 14.5. The molecular formula is C21H29NO. The minimum absolute atomic E-state index is 0.262. The quantitative estimate of drug-likeness (QED) is 0.770. The third-order valence-electron chi connectivity index (χ3n) is 6.63. The van der Waals surface area contributed by atoms with Gasteiger partial charge in [0.15, 0.2) is 0 Å². The van der Waals surface area contributed by atoms with E-state index in [1.807, 2.05) is 0 Å². The molecule has 1 aromatic carbocycles. The highest BCUT2D eigenvalue weighted by Crippen LogP contribution is 2.45. The van der Waals surface area contributed by atoms with Crippen molar-refractivity contribution in [3.8, 4) is 5.75 Å². The second kappa shape index (κ2) is 5.98. The van der Waals surface area contributed by atoms with Gasteiger partial charge in [-0.25, -0.2) is 0 Å². The summed E-state index contributed by atoms with van der Waals surface area (Å²) in [7, 11) is 1.79. The monoisotopic (exact) mass is 311 g/mol. The van der Waals surface area contributed by atoms with E-state index in [0.29, 0.717) is 0 Å². The first kappa shape index (κ1) is 15.3. The Morgan fingerprint density at radius 2 is 1.91 bits per heavy atom. The predicted molar refractivity (Wildman–Crippen MR) is 94.9 cm³/mol. The lowest BCUT2D eigenvalue weighted by Gasteiger charge is -2.41. The summed E-state index contributed by atoms with van der Waals surface area (Å²) in [6, 6.07) is 8.59. The van der Waals surface area contributed by atoms with Crippen molar-refractivity contribution < 1.29 is 4.74 Å². The normalized spacial score (nSPS) is 32.3. The molecule has 3 atom stereocenters. The molecule has 2 heteroatoms. The summed E-state index contributed by atoms with van der Waals surface area (Å²) in [6.45, 7) is 6.19. The molecule has 3 unspecified atom stereocenters. The van der Waals surface area contributed by atoms with E-state index in [9.17, 15) is 0 Å². The van der Waals surface area contributed by atoms with Crippen molar-refractivity contribution in [3.05, 3.63) is 42.0 Å². The first-order valence-electron chi connectivity index (χ1n) is 9.22. The van der Waals surface area contributed by atoms with Crippen LogP contribution >= 0.6 is 0 Å². The molecule has 2 bridgehead atoms. The van der Waals surface area contributed by atoms with Gasteiger partial charge in [-0.1, -0.05) is 37.3 Å². The van der Waals surface area contributed by atoms with Gasteiger partial charge in [0.1, 0.15) is 5.75 Å². The number of nitrogens with zero attached hydrogens (tertiary/aromatic N) is 1. The number of piperidine rings is 1. The maximum Gasteiger partial charge on any atom is 0.122 e. The second-order valence-corrected chi connectivity index (χ2v) is 8.10. The highest BCUT2D eigenvalue weighted by Gasteiger charge is 2.38. The molecule has 1 saturated carbocycles. The Hall–Kier alpha value is -1.28. The molecule has 23 heavy (non-hydrogen) atoms. The van der Waals surface area contributed by atoms with Crippen molar-refractivity contribution in [2.75, 3.05) is 26.7 Å². The summed E-state index contributed by atoms with van der Waals surface area (Å²) >= 11 is 0. The molecule has 2 nitrogen and oxygen atoms in total. The van der Waals surface area contributed by atoms with Crippen molar-refractivity contribution in [2.45, 2.75) is 38.0 Å². The summed E-state index contributed by atoms with van der Waals surface area (Å²) < 4.78 is 5.61. The Morgan fingerprint density at radius 1 is 1.13 bits per heavy atom. The van der Waals surface area contributed by atoms with Crippen molar-refractivity contribution in [3.63, 3.8) is 0 Å². The molecule has 0 N–H and O–H groups in total. The van der Waals surface area contributed by atoms with Gasteiger partial charge in [0.25, 0.3) is 0 Å². The number of hydrogen-bond acceptors (Lipinski definition) is 2. The van der Waals surface area contributed by atoms with Crippen LogP contribution in [0.5, 0.6) is 5.75 Å². The molecule has 1 saturated heterocycles. The van der Waals surface area contributed by atoms with Gasteiger partial charge in [-0.05, 0) is 68.0 Å². The highest BCUT2D eigenvalue weighted by atomic mass is 16.5. The van der Waals surface area contributed by atoms with Crippen LogP contribution in [-0.2, 0) is 5.41 Å². The van der Waals surface area contributed by atoms with E-state index < -0.39 is 0 Å². The van der Waals surface area contributed by atoms with Crippen molar-refractivity contribution in [2.24, 2.45) is 17.8 Å². The maximum absolute atomic E-state index is 5.61. The number of para-hydroxylation sites is 1. The summed E-state index contributed by atoms with van der Waals surface area (Å²) in [5.41, 5.74) is 1.66. The maximum atomic E-state index is 5.61. The minimum Gasteiger partial charge on any atom is -0.496 e. The van der Waals surface area contributed by atoms with E-state index in [4.69, 9.17) is 4.74 Å². The number of benzene rings is 1. The Morgan fingerprint density at radius 3 is 2.57 bits per heavy atom. The van der Waals surface area contributed by atoms with Gasteiger partial charge in [0, 0.05) is 12.1 Å². The largest absolute Gasteiger partial charge is 0.496 e. The van der Waals surface area contributed by atoms with Crippen LogP contribution in [0, 0.1) is 17.8 Å². The van der Waals surface area contributed by atoms with Crippen LogP contribution in [-0.4, -0.2) is 31.6 Å². The Bertz CT molecular complexity index is 585. The number of rotatable bonds is 4. The Kier molecular flexibility index (Phi) is 3.96. The summed E-state index contributed by atoms with van der Waals surface area (Å²) in [5.74, 6) is 3.75. The van der Waals surface area contributed by atoms with Gasteiger partial charge in [0.2, 0.25) is 0 Å². The van der Waals surface area contributed by atoms with E-state index in [1.54, 1.807) is 7.11 Å². The third kappa shape index (κ3) is 2.82.